The van der Waals surface area contributed by atoms with Crippen LogP contribution < -0.4 is 16.4 Å². The van der Waals surface area contributed by atoms with Crippen LogP contribution in [-0.2, 0) is 0 Å². The Morgan fingerprint density at radius 3 is 2.39 bits per heavy atom. The number of hydrogen-bond donors (Lipinski definition) is 3. The van der Waals surface area contributed by atoms with Crippen LogP contribution in [0.1, 0.15) is 43.0 Å². The predicted molar refractivity (Wildman–Crippen MR) is 143 cm³/mol. The number of amides is 3. The molecule has 2 aliphatic heterocycles. The van der Waals surface area contributed by atoms with Crippen LogP contribution in [-0.4, -0.2) is 63.4 Å². The summed E-state index contributed by atoms with van der Waals surface area (Å²) in [4.78, 5) is 39.2. The molecule has 3 aromatic rings. The molecule has 9 nitrogen and oxygen atoms in total. The Hall–Kier alpha value is -3.66. The van der Waals surface area contributed by atoms with Crippen molar-refractivity contribution in [2.24, 2.45) is 0 Å². The van der Waals surface area contributed by atoms with Crippen molar-refractivity contribution in [1.82, 2.24) is 19.8 Å². The molecular formula is C26H31N7O2S. The fourth-order valence-corrected chi connectivity index (χ4v) is 5.38. The number of urea groups is 1. The Balaban J connectivity index is 1.18. The summed E-state index contributed by atoms with van der Waals surface area (Å²) < 4.78 is 0. The van der Waals surface area contributed by atoms with Gasteiger partial charge in [0, 0.05) is 49.0 Å². The van der Waals surface area contributed by atoms with E-state index >= 15 is 0 Å². The van der Waals surface area contributed by atoms with E-state index < -0.39 is 0 Å². The number of nitrogen functional groups attached to an aromatic ring is 1. The van der Waals surface area contributed by atoms with Crippen LogP contribution in [0, 0.1) is 0 Å². The Morgan fingerprint density at radius 1 is 1.03 bits per heavy atom. The van der Waals surface area contributed by atoms with Gasteiger partial charge in [-0.15, -0.1) is 11.3 Å². The van der Waals surface area contributed by atoms with E-state index in [9.17, 15) is 9.59 Å². The first-order valence-corrected chi connectivity index (χ1v) is 13.2. The number of anilines is 3. The lowest BCUT2D eigenvalue weighted by atomic mass is 9.90. The van der Waals surface area contributed by atoms with Gasteiger partial charge >= 0.3 is 6.03 Å². The Kier molecular flexibility index (Phi) is 6.77. The van der Waals surface area contributed by atoms with Crippen LogP contribution >= 0.6 is 11.3 Å². The fourth-order valence-electron chi connectivity index (χ4n) is 4.66. The van der Waals surface area contributed by atoms with Crippen molar-refractivity contribution in [3.63, 3.8) is 0 Å². The standard InChI is InChI=1S/C26H31N7O2S/c1-26(8-12-33(13-9-26)25(35)32-10-2-3-11-32)31-24-28-16-19(17-29-24)23(34)30-21-15-18(6-7-20(21)27)22-5-4-14-36-22/h4-7,14-17H,2-3,8-13,27H2,1H3,(H,30,34)(H,28,29,31). The number of nitrogens with two attached hydrogens (primary N) is 1. The Labute approximate surface area is 214 Å². The van der Waals surface area contributed by atoms with Crippen molar-refractivity contribution >= 4 is 40.6 Å². The summed E-state index contributed by atoms with van der Waals surface area (Å²) in [5.41, 5.74) is 8.26. The molecule has 36 heavy (non-hydrogen) atoms. The zero-order chi connectivity index (χ0) is 25.1. The molecule has 0 radical (unpaired) electrons. The lowest BCUT2D eigenvalue weighted by Gasteiger charge is -2.41. The predicted octanol–water partition coefficient (Wildman–Crippen LogP) is 4.52. The topological polar surface area (TPSA) is 116 Å². The van der Waals surface area contributed by atoms with Crippen LogP contribution in [0.25, 0.3) is 10.4 Å². The molecule has 2 aliphatic rings. The van der Waals surface area contributed by atoms with E-state index in [1.807, 2.05) is 39.4 Å². The van der Waals surface area contributed by atoms with Crippen LogP contribution in [0.15, 0.2) is 48.1 Å². The molecule has 1 aromatic carbocycles. The molecule has 2 fully saturated rings. The third-order valence-electron chi connectivity index (χ3n) is 6.95. The summed E-state index contributed by atoms with van der Waals surface area (Å²) in [6.07, 6.45) is 6.83. The zero-order valence-electron chi connectivity index (χ0n) is 20.4. The maximum atomic E-state index is 12.8. The minimum atomic E-state index is -0.323. The number of rotatable bonds is 5. The molecule has 10 heteroatoms. The lowest BCUT2D eigenvalue weighted by Crippen LogP contribution is -2.52. The maximum absolute atomic E-state index is 12.8. The number of nitrogens with one attached hydrogen (secondary N) is 2. The van der Waals surface area contributed by atoms with Crippen molar-refractivity contribution in [2.45, 2.75) is 38.1 Å². The summed E-state index contributed by atoms with van der Waals surface area (Å²) in [5.74, 6) is 0.143. The minimum Gasteiger partial charge on any atom is -0.397 e. The van der Waals surface area contributed by atoms with Crippen molar-refractivity contribution in [3.8, 4) is 10.4 Å². The second kappa shape index (κ2) is 10.1. The Bertz CT molecular complexity index is 1220. The fraction of sp³-hybridized carbons (Fsp3) is 0.385. The summed E-state index contributed by atoms with van der Waals surface area (Å²) in [6, 6.07) is 9.77. The van der Waals surface area contributed by atoms with E-state index in [2.05, 4.69) is 27.5 Å². The van der Waals surface area contributed by atoms with Crippen LogP contribution in [0.5, 0.6) is 0 Å². The van der Waals surface area contributed by atoms with Gasteiger partial charge in [-0.3, -0.25) is 4.79 Å². The van der Waals surface area contributed by atoms with E-state index in [-0.39, 0.29) is 17.5 Å². The largest absolute Gasteiger partial charge is 0.397 e. The molecule has 0 bridgehead atoms. The first-order valence-electron chi connectivity index (χ1n) is 12.3. The van der Waals surface area contributed by atoms with Crippen molar-refractivity contribution in [2.75, 3.05) is 42.5 Å². The first kappa shape index (κ1) is 24.1. The second-order valence-electron chi connectivity index (χ2n) is 9.68. The van der Waals surface area contributed by atoms with E-state index in [1.54, 1.807) is 17.4 Å². The minimum absolute atomic E-state index is 0.155. The zero-order valence-corrected chi connectivity index (χ0v) is 21.2. The molecule has 0 unspecified atom stereocenters. The van der Waals surface area contributed by atoms with E-state index in [0.29, 0.717) is 36.0 Å². The lowest BCUT2D eigenvalue weighted by molar-refractivity contribution is 0.102. The summed E-state index contributed by atoms with van der Waals surface area (Å²) >= 11 is 1.63. The highest BCUT2D eigenvalue weighted by Crippen LogP contribution is 2.31. The third-order valence-corrected chi connectivity index (χ3v) is 7.87. The van der Waals surface area contributed by atoms with E-state index in [1.165, 1.54) is 12.4 Å². The molecule has 0 saturated carbocycles. The van der Waals surface area contributed by atoms with Crippen LogP contribution in [0.4, 0.5) is 22.1 Å². The van der Waals surface area contributed by atoms with Gasteiger partial charge in [-0.2, -0.15) is 0 Å². The van der Waals surface area contributed by atoms with Crippen molar-refractivity contribution < 1.29 is 9.59 Å². The number of thiophene rings is 1. The number of nitrogens with zero attached hydrogens (tertiary/aromatic N) is 4. The van der Waals surface area contributed by atoms with E-state index in [0.717, 1.165) is 49.2 Å². The average Bonchev–Trinajstić information content (AvgIpc) is 3.61. The third kappa shape index (κ3) is 5.28. The molecule has 3 amide bonds. The normalized spacial score (nSPS) is 17.1. The monoisotopic (exact) mass is 505 g/mol. The smallest absolute Gasteiger partial charge is 0.320 e. The molecule has 0 aliphatic carbocycles. The van der Waals surface area contributed by atoms with Gasteiger partial charge in [-0.05, 0) is 61.7 Å². The van der Waals surface area contributed by atoms with Gasteiger partial charge in [0.1, 0.15) is 0 Å². The Morgan fingerprint density at radius 2 is 1.72 bits per heavy atom. The van der Waals surface area contributed by atoms with Gasteiger partial charge in [-0.1, -0.05) is 12.1 Å². The highest BCUT2D eigenvalue weighted by atomic mass is 32.1. The van der Waals surface area contributed by atoms with Gasteiger partial charge in [0.15, 0.2) is 0 Å². The van der Waals surface area contributed by atoms with Crippen molar-refractivity contribution in [1.29, 1.82) is 0 Å². The average molecular weight is 506 g/mol. The number of hydrogen-bond acceptors (Lipinski definition) is 7. The maximum Gasteiger partial charge on any atom is 0.320 e. The molecule has 2 saturated heterocycles. The highest BCUT2D eigenvalue weighted by Gasteiger charge is 2.34. The molecule has 4 heterocycles. The summed E-state index contributed by atoms with van der Waals surface area (Å²) in [5, 5.41) is 8.29. The van der Waals surface area contributed by atoms with Crippen molar-refractivity contribution in [3.05, 3.63) is 53.7 Å². The van der Waals surface area contributed by atoms with Crippen LogP contribution in [0.2, 0.25) is 0 Å². The molecule has 4 N–H and O–H groups in total. The van der Waals surface area contributed by atoms with Crippen LogP contribution in [0.3, 0.4) is 0 Å². The molecule has 0 atom stereocenters. The number of aromatic nitrogens is 2. The second-order valence-corrected chi connectivity index (χ2v) is 10.6. The number of likely N-dealkylation sites (tertiary alicyclic amines) is 2. The summed E-state index contributed by atoms with van der Waals surface area (Å²) in [6.45, 7) is 5.26. The molecule has 188 valence electrons. The quantitative estimate of drug-likeness (QED) is 0.439. The molecule has 2 aromatic heterocycles. The summed E-state index contributed by atoms with van der Waals surface area (Å²) in [7, 11) is 0. The van der Waals surface area contributed by atoms with Gasteiger partial charge in [-0.25, -0.2) is 14.8 Å². The molecule has 5 rings (SSSR count). The highest BCUT2D eigenvalue weighted by molar-refractivity contribution is 7.13. The molecular weight excluding hydrogens is 474 g/mol. The van der Waals surface area contributed by atoms with Gasteiger partial charge < -0.3 is 26.2 Å². The molecule has 0 spiro atoms. The van der Waals surface area contributed by atoms with E-state index in [4.69, 9.17) is 5.73 Å². The van der Waals surface area contributed by atoms with Gasteiger partial charge in [0.25, 0.3) is 5.91 Å². The number of carbonyl (C=O) groups is 2. The number of benzene rings is 1. The van der Waals surface area contributed by atoms with Gasteiger partial charge in [0.05, 0.1) is 16.9 Å². The number of carbonyl (C=O) groups excluding carboxylic acids is 2. The number of piperidine rings is 1. The SMILES string of the molecule is CC1(Nc2ncc(C(=O)Nc3cc(-c4cccs4)ccc3N)cn2)CCN(C(=O)N2CCCC2)CC1. The van der Waals surface area contributed by atoms with Gasteiger partial charge in [0.2, 0.25) is 5.95 Å². The first-order chi connectivity index (χ1) is 17.4.